The molecule has 16 heavy (non-hydrogen) atoms. The Bertz CT molecular complexity index is 539. The van der Waals surface area contributed by atoms with Gasteiger partial charge < -0.3 is 9.15 Å². The second kappa shape index (κ2) is 4.08. The Kier molecular flexibility index (Phi) is 2.58. The van der Waals surface area contributed by atoms with Crippen molar-refractivity contribution in [3.8, 4) is 10.8 Å². The zero-order valence-corrected chi connectivity index (χ0v) is 9.94. The van der Waals surface area contributed by atoms with Crippen molar-refractivity contribution in [3.63, 3.8) is 0 Å². The normalized spacial score (nSPS) is 20.4. The summed E-state index contributed by atoms with van der Waals surface area (Å²) in [5.41, 5.74) is 0. The first-order chi connectivity index (χ1) is 7.83. The van der Waals surface area contributed by atoms with E-state index in [1.54, 1.807) is 6.20 Å². The van der Waals surface area contributed by atoms with Crippen molar-refractivity contribution >= 4 is 23.6 Å². The van der Waals surface area contributed by atoms with Gasteiger partial charge in [-0.15, -0.1) is 16.4 Å². The van der Waals surface area contributed by atoms with E-state index in [2.05, 4.69) is 15.2 Å². The number of hydrogen-bond donors (Lipinski definition) is 1. The van der Waals surface area contributed by atoms with Gasteiger partial charge in [-0.05, 0) is 25.1 Å². The summed E-state index contributed by atoms with van der Waals surface area (Å²) >= 11 is 6.36. The van der Waals surface area contributed by atoms with Gasteiger partial charge in [-0.2, -0.15) is 0 Å². The van der Waals surface area contributed by atoms with E-state index in [0.29, 0.717) is 5.89 Å². The van der Waals surface area contributed by atoms with Crippen LogP contribution < -0.4 is 0 Å². The Morgan fingerprint density at radius 3 is 3.19 bits per heavy atom. The van der Waals surface area contributed by atoms with Crippen LogP contribution in [0.15, 0.2) is 10.6 Å². The van der Waals surface area contributed by atoms with Gasteiger partial charge >= 0.3 is 0 Å². The molecule has 0 spiro atoms. The Hall–Kier alpha value is -1.05. The lowest BCUT2D eigenvalue weighted by Crippen LogP contribution is -1.93. The van der Waals surface area contributed by atoms with E-state index in [0.717, 1.165) is 29.3 Å². The van der Waals surface area contributed by atoms with Crippen LogP contribution in [-0.4, -0.2) is 21.8 Å². The standard InChI is InChI=1S/C9H9N3O2S2/c15-9-12-11-7(14-9)6-4-10-8(16-6)5-2-1-3-13-5/h4-5H,1-3H2,(H,12,15). The van der Waals surface area contributed by atoms with Crippen LogP contribution in [0.2, 0.25) is 0 Å². The third-order valence-electron chi connectivity index (χ3n) is 2.38. The molecule has 1 atom stereocenters. The van der Waals surface area contributed by atoms with Gasteiger partial charge in [0.2, 0.25) is 0 Å². The van der Waals surface area contributed by atoms with E-state index in [4.69, 9.17) is 21.4 Å². The quantitative estimate of drug-likeness (QED) is 0.836. The van der Waals surface area contributed by atoms with E-state index >= 15 is 0 Å². The number of rotatable bonds is 2. The molecule has 0 aromatic carbocycles. The average molecular weight is 255 g/mol. The molecule has 0 saturated carbocycles. The minimum Gasteiger partial charge on any atom is -0.408 e. The van der Waals surface area contributed by atoms with Crippen molar-refractivity contribution < 1.29 is 9.15 Å². The molecule has 1 aliphatic rings. The molecule has 0 amide bonds. The highest BCUT2D eigenvalue weighted by Gasteiger charge is 2.22. The number of H-pyrrole nitrogens is 1. The molecular formula is C9H9N3O2S2. The van der Waals surface area contributed by atoms with Gasteiger partial charge in [-0.3, -0.25) is 0 Å². The summed E-state index contributed by atoms with van der Waals surface area (Å²) in [5, 5.41) is 7.53. The number of nitrogens with one attached hydrogen (secondary N) is 1. The zero-order chi connectivity index (χ0) is 11.0. The topological polar surface area (TPSA) is 63.9 Å². The molecule has 84 valence electrons. The van der Waals surface area contributed by atoms with E-state index in [-0.39, 0.29) is 10.9 Å². The van der Waals surface area contributed by atoms with E-state index in [9.17, 15) is 0 Å². The summed E-state index contributed by atoms with van der Waals surface area (Å²) in [7, 11) is 0. The lowest BCUT2D eigenvalue weighted by atomic mass is 10.2. The van der Waals surface area contributed by atoms with Crippen LogP contribution in [-0.2, 0) is 4.74 Å². The molecule has 1 fully saturated rings. The van der Waals surface area contributed by atoms with Crippen LogP contribution in [0.4, 0.5) is 0 Å². The molecule has 2 aromatic rings. The maximum Gasteiger partial charge on any atom is 0.284 e. The molecule has 1 unspecified atom stereocenters. The molecule has 2 aromatic heterocycles. The third-order valence-corrected chi connectivity index (χ3v) is 3.63. The maximum atomic E-state index is 5.56. The summed E-state index contributed by atoms with van der Waals surface area (Å²) in [5.74, 6) is 0.492. The minimum absolute atomic E-state index is 0.140. The fourth-order valence-electron chi connectivity index (χ4n) is 1.64. The van der Waals surface area contributed by atoms with Crippen molar-refractivity contribution in [1.29, 1.82) is 0 Å². The largest absolute Gasteiger partial charge is 0.408 e. The molecule has 0 aliphatic carbocycles. The molecular weight excluding hydrogens is 246 g/mol. The van der Waals surface area contributed by atoms with Crippen molar-refractivity contribution in [3.05, 3.63) is 16.0 Å². The Morgan fingerprint density at radius 1 is 1.56 bits per heavy atom. The molecule has 3 rings (SSSR count). The highest BCUT2D eigenvalue weighted by Crippen LogP contribution is 2.34. The summed E-state index contributed by atoms with van der Waals surface area (Å²) in [6, 6.07) is 0. The van der Waals surface area contributed by atoms with E-state index in [1.165, 1.54) is 11.3 Å². The molecule has 1 saturated heterocycles. The van der Waals surface area contributed by atoms with Crippen LogP contribution in [0.3, 0.4) is 0 Å². The third kappa shape index (κ3) is 1.81. The summed E-state index contributed by atoms with van der Waals surface area (Å²) in [6.07, 6.45) is 4.02. The van der Waals surface area contributed by atoms with E-state index in [1.807, 2.05) is 0 Å². The first-order valence-electron chi connectivity index (χ1n) is 4.96. The number of thiazole rings is 1. The Morgan fingerprint density at radius 2 is 2.50 bits per heavy atom. The van der Waals surface area contributed by atoms with Gasteiger partial charge in [0, 0.05) is 6.61 Å². The molecule has 7 heteroatoms. The Balaban J connectivity index is 1.89. The van der Waals surface area contributed by atoms with Crippen LogP contribution in [0.1, 0.15) is 24.0 Å². The second-order valence-corrected chi connectivity index (χ2v) is 4.92. The van der Waals surface area contributed by atoms with E-state index < -0.39 is 0 Å². The first-order valence-corrected chi connectivity index (χ1v) is 6.18. The summed E-state index contributed by atoms with van der Waals surface area (Å²) < 4.78 is 10.8. The monoisotopic (exact) mass is 255 g/mol. The van der Waals surface area contributed by atoms with Gasteiger partial charge in [0.1, 0.15) is 16.0 Å². The number of ether oxygens (including phenoxy) is 1. The van der Waals surface area contributed by atoms with Gasteiger partial charge in [-0.25, -0.2) is 10.1 Å². The van der Waals surface area contributed by atoms with Gasteiger partial charge in [-0.1, -0.05) is 0 Å². The number of nitrogens with zero attached hydrogens (tertiary/aromatic N) is 2. The summed E-state index contributed by atoms with van der Waals surface area (Å²) in [4.78, 5) is 5.48. The fourth-order valence-corrected chi connectivity index (χ4v) is 2.70. The first kappa shape index (κ1) is 10.1. The van der Waals surface area contributed by atoms with Crippen LogP contribution in [0.25, 0.3) is 10.8 Å². The average Bonchev–Trinajstić information content (AvgIpc) is 2.97. The fraction of sp³-hybridized carbons (Fsp3) is 0.444. The molecule has 0 radical (unpaired) electrons. The number of hydrogen-bond acceptors (Lipinski definition) is 6. The molecule has 0 bridgehead atoms. The maximum absolute atomic E-state index is 5.56. The Labute approximate surface area is 100 Å². The van der Waals surface area contributed by atoms with Crippen LogP contribution in [0.5, 0.6) is 0 Å². The summed E-state index contributed by atoms with van der Waals surface area (Å²) in [6.45, 7) is 0.822. The molecule has 3 heterocycles. The van der Waals surface area contributed by atoms with Crippen LogP contribution >= 0.6 is 23.6 Å². The molecule has 1 N–H and O–H groups in total. The predicted octanol–water partition coefficient (Wildman–Crippen LogP) is 2.71. The van der Waals surface area contributed by atoms with Gasteiger partial charge in [0.25, 0.3) is 10.7 Å². The second-order valence-electron chi connectivity index (χ2n) is 3.48. The SMILES string of the molecule is S=c1[nH]nc(-c2cnc(C3CCCO3)s2)o1. The smallest absolute Gasteiger partial charge is 0.284 e. The van der Waals surface area contributed by atoms with Crippen molar-refractivity contribution in [1.82, 2.24) is 15.2 Å². The lowest BCUT2D eigenvalue weighted by molar-refractivity contribution is 0.111. The molecule has 1 aliphatic heterocycles. The number of aromatic nitrogens is 3. The zero-order valence-electron chi connectivity index (χ0n) is 8.30. The van der Waals surface area contributed by atoms with Crippen molar-refractivity contribution in [2.75, 3.05) is 6.61 Å². The molecule has 5 nitrogen and oxygen atoms in total. The highest BCUT2D eigenvalue weighted by molar-refractivity contribution is 7.71. The predicted molar refractivity (Wildman–Crippen MR) is 60.7 cm³/mol. The minimum atomic E-state index is 0.140. The van der Waals surface area contributed by atoms with Crippen molar-refractivity contribution in [2.24, 2.45) is 0 Å². The van der Waals surface area contributed by atoms with Gasteiger partial charge in [0.05, 0.1) is 6.20 Å². The van der Waals surface area contributed by atoms with Crippen molar-refractivity contribution in [2.45, 2.75) is 18.9 Å². The highest BCUT2D eigenvalue weighted by atomic mass is 32.1. The van der Waals surface area contributed by atoms with Crippen LogP contribution in [0, 0.1) is 4.84 Å². The van der Waals surface area contributed by atoms with Gasteiger partial charge in [0.15, 0.2) is 0 Å². The lowest BCUT2D eigenvalue weighted by Gasteiger charge is -2.02. The number of aromatic amines is 1.